The van der Waals surface area contributed by atoms with Crippen LogP contribution in [-0.4, -0.2) is 52.6 Å². The second kappa shape index (κ2) is 8.74. The number of carbonyl (C=O) groups excluding carboxylic acids is 2. The molecule has 2 amide bonds. The maximum absolute atomic E-state index is 11.8. The zero-order chi connectivity index (χ0) is 18.3. The van der Waals surface area contributed by atoms with Gasteiger partial charge in [-0.2, -0.15) is 0 Å². The number of amides is 2. The van der Waals surface area contributed by atoms with Gasteiger partial charge in [0.15, 0.2) is 0 Å². The van der Waals surface area contributed by atoms with Crippen LogP contribution in [0, 0.1) is 0 Å². The molecule has 24 heavy (non-hydrogen) atoms. The number of hydrogen-bond acceptors (Lipinski definition) is 6. The van der Waals surface area contributed by atoms with Crippen molar-refractivity contribution in [2.24, 2.45) is 0 Å². The van der Waals surface area contributed by atoms with Crippen molar-refractivity contribution >= 4 is 25.6 Å². The molecule has 0 fully saturated rings. The van der Waals surface area contributed by atoms with E-state index in [2.05, 4.69) is 14.2 Å². The normalized spacial score (nSPS) is 11.0. The van der Waals surface area contributed by atoms with Crippen molar-refractivity contribution in [3.8, 4) is 0 Å². The molecule has 0 aliphatic carbocycles. The Morgan fingerprint density at radius 1 is 1.33 bits per heavy atom. The number of phosphoric ester groups is 1. The zero-order valence-corrected chi connectivity index (χ0v) is 14.5. The molecule has 0 aliphatic heterocycles. The van der Waals surface area contributed by atoms with Gasteiger partial charge >= 0.3 is 13.9 Å². The lowest BCUT2D eigenvalue weighted by molar-refractivity contribution is -0.118. The first-order chi connectivity index (χ1) is 11.2. The molecule has 2 N–H and O–H groups in total. The second-order valence-electron chi connectivity index (χ2n) is 4.80. The Balaban J connectivity index is 2.73. The molecule has 10 nitrogen and oxygen atoms in total. The van der Waals surface area contributed by atoms with E-state index >= 15 is 0 Å². The van der Waals surface area contributed by atoms with Crippen LogP contribution in [0.2, 0.25) is 0 Å². The highest BCUT2D eigenvalue weighted by Gasteiger charge is 2.19. The number of pyridine rings is 1. The van der Waals surface area contributed by atoms with Crippen LogP contribution in [0.1, 0.15) is 18.9 Å². The van der Waals surface area contributed by atoms with Crippen LogP contribution in [0.3, 0.4) is 0 Å². The predicted octanol–water partition coefficient (Wildman–Crippen LogP) is 1.09. The molecule has 0 spiro atoms. The Labute approximate surface area is 139 Å². The number of nitrogens with zero attached hydrogens (tertiary/aromatic N) is 3. The zero-order valence-electron chi connectivity index (χ0n) is 13.6. The number of anilines is 1. The van der Waals surface area contributed by atoms with Gasteiger partial charge in [0, 0.05) is 32.3 Å². The maximum Gasteiger partial charge on any atom is 0.472 e. The summed E-state index contributed by atoms with van der Waals surface area (Å²) in [5, 5.41) is 0. The van der Waals surface area contributed by atoms with Crippen LogP contribution in [0.15, 0.2) is 18.3 Å². The molecule has 0 aliphatic rings. The number of carbonyl (C=O) groups is 2. The first-order valence-corrected chi connectivity index (χ1v) is 8.47. The van der Waals surface area contributed by atoms with Gasteiger partial charge < -0.3 is 19.4 Å². The number of aromatic nitrogens is 1. The van der Waals surface area contributed by atoms with Gasteiger partial charge in [0.2, 0.25) is 12.7 Å². The average Bonchev–Trinajstić information content (AvgIpc) is 2.52. The van der Waals surface area contributed by atoms with E-state index in [1.165, 1.54) is 18.1 Å². The maximum atomic E-state index is 11.8. The molecule has 0 bridgehead atoms. The second-order valence-corrected chi connectivity index (χ2v) is 6.04. The highest BCUT2D eigenvalue weighted by molar-refractivity contribution is 7.46. The van der Waals surface area contributed by atoms with Crippen LogP contribution in [0.5, 0.6) is 0 Å². The van der Waals surface area contributed by atoms with E-state index in [1.807, 2.05) is 0 Å². The van der Waals surface area contributed by atoms with Crippen LogP contribution >= 0.6 is 7.82 Å². The smallest absolute Gasteiger partial charge is 0.422 e. The number of phosphoric acid groups is 1. The number of ether oxygens (including phenoxy) is 1. The molecule has 1 aromatic rings. The molecule has 0 radical (unpaired) electrons. The molecule has 11 heteroatoms. The lowest BCUT2D eigenvalue weighted by Gasteiger charge is -2.22. The minimum atomic E-state index is -4.70. The van der Waals surface area contributed by atoms with E-state index in [9.17, 15) is 14.2 Å². The average molecular weight is 361 g/mol. The minimum absolute atomic E-state index is 0.0826. The molecule has 0 aromatic carbocycles. The van der Waals surface area contributed by atoms with E-state index < -0.39 is 20.7 Å². The first kappa shape index (κ1) is 20.0. The van der Waals surface area contributed by atoms with Gasteiger partial charge in [-0.3, -0.25) is 9.69 Å². The highest BCUT2D eigenvalue weighted by Crippen LogP contribution is 2.35. The summed E-state index contributed by atoms with van der Waals surface area (Å²) in [6, 6.07) is 3.37. The standard InChI is InChI=1S/C13H20N3O7P/c1-4-11(17)16(3)12-10(6-5-7-14-12)8-15(2)13(18)22-9-23-24(19,20)21/h5-7H,4,8-9H2,1-3H3,(H2,19,20,21). The van der Waals surface area contributed by atoms with Crippen molar-refractivity contribution in [1.29, 1.82) is 0 Å². The monoisotopic (exact) mass is 361 g/mol. The summed E-state index contributed by atoms with van der Waals surface area (Å²) in [7, 11) is -1.69. The summed E-state index contributed by atoms with van der Waals surface area (Å²) in [6.07, 6.45) is 0.997. The Morgan fingerprint density at radius 2 is 2.00 bits per heavy atom. The third-order valence-electron chi connectivity index (χ3n) is 2.98. The van der Waals surface area contributed by atoms with Gasteiger partial charge in [0.25, 0.3) is 0 Å². The Hall–Kier alpha value is -2.00. The lowest BCUT2D eigenvalue weighted by atomic mass is 10.2. The lowest BCUT2D eigenvalue weighted by Crippen LogP contribution is -2.31. The molecule has 0 atom stereocenters. The Kier molecular flexibility index (Phi) is 7.30. The van der Waals surface area contributed by atoms with Crippen molar-refractivity contribution in [3.63, 3.8) is 0 Å². The molecular formula is C13H20N3O7P. The van der Waals surface area contributed by atoms with Crippen molar-refractivity contribution in [1.82, 2.24) is 9.88 Å². The third kappa shape index (κ3) is 6.25. The highest BCUT2D eigenvalue weighted by atomic mass is 31.2. The number of rotatable bonds is 7. The summed E-state index contributed by atoms with van der Waals surface area (Å²) in [6.45, 7) is 0.937. The molecule has 0 saturated heterocycles. The van der Waals surface area contributed by atoms with Gasteiger partial charge in [-0.1, -0.05) is 13.0 Å². The SMILES string of the molecule is CCC(=O)N(C)c1ncccc1CN(C)C(=O)OCOP(=O)(O)O. The molecule has 134 valence electrons. The van der Waals surface area contributed by atoms with Crippen LogP contribution in [0.25, 0.3) is 0 Å². The van der Waals surface area contributed by atoms with E-state index in [0.29, 0.717) is 17.8 Å². The van der Waals surface area contributed by atoms with Gasteiger partial charge in [-0.05, 0) is 6.07 Å². The fraction of sp³-hybridized carbons (Fsp3) is 0.462. The summed E-state index contributed by atoms with van der Waals surface area (Å²) in [5.41, 5.74) is 0.608. The Morgan fingerprint density at radius 3 is 2.58 bits per heavy atom. The topological polar surface area (TPSA) is 130 Å². The van der Waals surface area contributed by atoms with Crippen molar-refractivity contribution in [3.05, 3.63) is 23.9 Å². The molecule has 1 aromatic heterocycles. The first-order valence-electron chi connectivity index (χ1n) is 6.94. The predicted molar refractivity (Wildman–Crippen MR) is 83.9 cm³/mol. The van der Waals surface area contributed by atoms with Gasteiger partial charge in [-0.25, -0.2) is 18.9 Å². The van der Waals surface area contributed by atoms with E-state index in [0.717, 1.165) is 4.90 Å². The van der Waals surface area contributed by atoms with Crippen LogP contribution in [0.4, 0.5) is 10.6 Å². The third-order valence-corrected chi connectivity index (χ3v) is 3.43. The summed E-state index contributed by atoms with van der Waals surface area (Å²) in [4.78, 5) is 47.3. The quantitative estimate of drug-likeness (QED) is 0.545. The van der Waals surface area contributed by atoms with Gasteiger partial charge in [0.1, 0.15) is 5.82 Å². The molecule has 0 saturated carbocycles. The fourth-order valence-electron chi connectivity index (χ4n) is 1.79. The van der Waals surface area contributed by atoms with E-state index in [-0.39, 0.29) is 12.5 Å². The fourth-order valence-corrected chi connectivity index (χ4v) is 1.98. The summed E-state index contributed by atoms with van der Waals surface area (Å²) < 4.78 is 19.1. The van der Waals surface area contributed by atoms with Crippen molar-refractivity contribution in [2.45, 2.75) is 19.9 Å². The van der Waals surface area contributed by atoms with Crippen molar-refractivity contribution < 1.29 is 33.2 Å². The summed E-state index contributed by atoms with van der Waals surface area (Å²) in [5.74, 6) is 0.283. The largest absolute Gasteiger partial charge is 0.472 e. The van der Waals surface area contributed by atoms with Crippen molar-refractivity contribution in [2.75, 3.05) is 25.8 Å². The molecule has 0 unspecified atom stereocenters. The number of hydrogen-bond donors (Lipinski definition) is 2. The van der Waals surface area contributed by atoms with E-state index in [1.54, 1.807) is 26.1 Å². The minimum Gasteiger partial charge on any atom is -0.422 e. The van der Waals surface area contributed by atoms with Crippen LogP contribution < -0.4 is 4.90 Å². The molecule has 1 rings (SSSR count). The summed E-state index contributed by atoms with van der Waals surface area (Å²) >= 11 is 0. The van der Waals surface area contributed by atoms with Gasteiger partial charge in [-0.15, -0.1) is 0 Å². The molecular weight excluding hydrogens is 341 g/mol. The Bertz CT molecular complexity index is 634. The van der Waals surface area contributed by atoms with E-state index in [4.69, 9.17) is 9.79 Å². The molecule has 1 heterocycles. The van der Waals surface area contributed by atoms with Gasteiger partial charge in [0.05, 0.1) is 6.54 Å². The van der Waals surface area contributed by atoms with Crippen LogP contribution in [-0.2, 0) is 25.2 Å².